The minimum Gasteiger partial charge on any atom is -0.326 e. The predicted molar refractivity (Wildman–Crippen MR) is 57.9 cm³/mol. The lowest BCUT2D eigenvalue weighted by atomic mass is 9.92. The lowest BCUT2D eigenvalue weighted by Gasteiger charge is -2.23. The Morgan fingerprint density at radius 1 is 1.40 bits per heavy atom. The monoisotopic (exact) mass is 212 g/mol. The van der Waals surface area contributed by atoms with Crippen molar-refractivity contribution in [1.29, 1.82) is 0 Å². The molecule has 0 saturated carbocycles. The summed E-state index contributed by atoms with van der Waals surface area (Å²) in [4.78, 5) is 24.8. The Bertz CT molecular complexity index is 284. The Hall–Kier alpha value is -0.900. The molecule has 4 nitrogen and oxygen atoms in total. The number of nitrogens with zero attached hydrogens (tertiary/aromatic N) is 1. The molecule has 2 N–H and O–H groups in total. The molecule has 4 heteroatoms. The molecule has 0 bridgehead atoms. The first kappa shape index (κ1) is 12.2. The summed E-state index contributed by atoms with van der Waals surface area (Å²) in [5.74, 6) is 0.0824. The first-order chi connectivity index (χ1) is 6.75. The summed E-state index contributed by atoms with van der Waals surface area (Å²) in [5.41, 5.74) is 5.32. The van der Waals surface area contributed by atoms with Gasteiger partial charge in [-0.15, -0.1) is 0 Å². The number of hydrogen-bond acceptors (Lipinski definition) is 3. The van der Waals surface area contributed by atoms with Crippen molar-refractivity contribution >= 4 is 11.8 Å². The average molecular weight is 212 g/mol. The highest BCUT2D eigenvalue weighted by Crippen LogP contribution is 2.31. The van der Waals surface area contributed by atoms with Gasteiger partial charge in [0.2, 0.25) is 11.8 Å². The summed E-state index contributed by atoms with van der Waals surface area (Å²) < 4.78 is 0. The van der Waals surface area contributed by atoms with Crippen LogP contribution >= 0.6 is 0 Å². The average Bonchev–Trinajstić information content (AvgIpc) is 2.27. The number of rotatable bonds is 3. The van der Waals surface area contributed by atoms with E-state index in [0.717, 1.165) is 0 Å². The van der Waals surface area contributed by atoms with Crippen LogP contribution in [0.5, 0.6) is 0 Å². The molecule has 1 saturated heterocycles. The van der Waals surface area contributed by atoms with Crippen molar-refractivity contribution in [3.8, 4) is 0 Å². The first-order valence-electron chi connectivity index (χ1n) is 5.36. The first-order valence-corrected chi connectivity index (χ1v) is 5.36. The van der Waals surface area contributed by atoms with Crippen LogP contribution in [0.1, 0.15) is 34.1 Å². The van der Waals surface area contributed by atoms with Crippen molar-refractivity contribution in [3.63, 3.8) is 0 Å². The molecule has 86 valence electrons. The highest BCUT2D eigenvalue weighted by molar-refractivity contribution is 6.05. The van der Waals surface area contributed by atoms with Crippen LogP contribution in [-0.2, 0) is 9.59 Å². The lowest BCUT2D eigenvalue weighted by Crippen LogP contribution is -2.44. The molecule has 1 unspecified atom stereocenters. The minimum absolute atomic E-state index is 0.0939. The third-order valence-electron chi connectivity index (χ3n) is 2.97. The van der Waals surface area contributed by atoms with Crippen molar-refractivity contribution in [2.75, 3.05) is 6.54 Å². The van der Waals surface area contributed by atoms with Crippen LogP contribution in [0.25, 0.3) is 0 Å². The summed E-state index contributed by atoms with van der Waals surface area (Å²) >= 11 is 0. The van der Waals surface area contributed by atoms with Gasteiger partial charge in [0.15, 0.2) is 0 Å². The fourth-order valence-corrected chi connectivity index (χ4v) is 1.63. The van der Waals surface area contributed by atoms with Gasteiger partial charge in [-0.1, -0.05) is 27.7 Å². The molecule has 0 spiro atoms. The van der Waals surface area contributed by atoms with Gasteiger partial charge in [-0.05, 0) is 5.92 Å². The molecule has 0 aromatic heterocycles. The molecule has 1 fully saturated rings. The summed E-state index contributed by atoms with van der Waals surface area (Å²) in [6, 6.07) is -0.133. The molecule has 15 heavy (non-hydrogen) atoms. The second-order valence-electron chi connectivity index (χ2n) is 5.28. The van der Waals surface area contributed by atoms with Crippen molar-refractivity contribution in [2.24, 2.45) is 17.1 Å². The zero-order valence-electron chi connectivity index (χ0n) is 9.91. The maximum absolute atomic E-state index is 11.8. The molecule has 0 aromatic carbocycles. The molecule has 1 aliphatic rings. The zero-order valence-corrected chi connectivity index (χ0v) is 9.91. The third-order valence-corrected chi connectivity index (χ3v) is 2.97. The Morgan fingerprint density at radius 3 is 2.27 bits per heavy atom. The van der Waals surface area contributed by atoms with Crippen molar-refractivity contribution < 1.29 is 9.59 Å². The normalized spacial score (nSPS) is 22.7. The molecule has 0 aliphatic carbocycles. The van der Waals surface area contributed by atoms with Crippen molar-refractivity contribution in [3.05, 3.63) is 0 Å². The van der Waals surface area contributed by atoms with E-state index in [1.54, 1.807) is 13.8 Å². The smallest absolute Gasteiger partial charge is 0.235 e. The molecule has 1 aliphatic heterocycles. The zero-order chi connectivity index (χ0) is 11.8. The van der Waals surface area contributed by atoms with E-state index in [1.165, 1.54) is 4.90 Å². The second kappa shape index (κ2) is 3.93. The maximum Gasteiger partial charge on any atom is 0.235 e. The summed E-state index contributed by atoms with van der Waals surface area (Å²) in [6.45, 7) is 7.92. The van der Waals surface area contributed by atoms with E-state index in [2.05, 4.69) is 0 Å². The number of carbonyl (C=O) groups is 2. The van der Waals surface area contributed by atoms with E-state index in [-0.39, 0.29) is 23.8 Å². The highest BCUT2D eigenvalue weighted by atomic mass is 16.2. The van der Waals surface area contributed by atoms with Crippen molar-refractivity contribution in [2.45, 2.75) is 40.2 Å². The topological polar surface area (TPSA) is 63.4 Å². The molecule has 1 rings (SSSR count). The predicted octanol–water partition coefficient (Wildman–Crippen LogP) is 0.755. The standard InChI is InChI=1S/C11H20N2O2/c1-7(2)8(12)6-13-9(14)5-11(3,4)10(13)15/h7-8H,5-6,12H2,1-4H3. The van der Waals surface area contributed by atoms with E-state index >= 15 is 0 Å². The third kappa shape index (κ3) is 2.37. The van der Waals surface area contributed by atoms with Gasteiger partial charge in [0.25, 0.3) is 0 Å². The van der Waals surface area contributed by atoms with E-state index in [9.17, 15) is 9.59 Å². The lowest BCUT2D eigenvalue weighted by molar-refractivity contribution is -0.141. The Morgan fingerprint density at radius 2 is 1.93 bits per heavy atom. The van der Waals surface area contributed by atoms with Crippen LogP contribution in [-0.4, -0.2) is 29.3 Å². The fraction of sp³-hybridized carbons (Fsp3) is 0.818. The Balaban J connectivity index is 2.72. The summed E-state index contributed by atoms with van der Waals surface area (Å²) in [7, 11) is 0. The van der Waals surface area contributed by atoms with E-state index < -0.39 is 5.41 Å². The number of hydrogen-bond donors (Lipinski definition) is 1. The van der Waals surface area contributed by atoms with E-state index in [0.29, 0.717) is 13.0 Å². The van der Waals surface area contributed by atoms with Gasteiger partial charge in [-0.3, -0.25) is 14.5 Å². The van der Waals surface area contributed by atoms with Gasteiger partial charge in [0, 0.05) is 19.0 Å². The fourth-order valence-electron chi connectivity index (χ4n) is 1.63. The second-order valence-corrected chi connectivity index (χ2v) is 5.28. The van der Waals surface area contributed by atoms with Crippen LogP contribution in [0.15, 0.2) is 0 Å². The van der Waals surface area contributed by atoms with Gasteiger partial charge in [-0.25, -0.2) is 0 Å². The number of imide groups is 1. The van der Waals surface area contributed by atoms with E-state index in [4.69, 9.17) is 5.73 Å². The molecular weight excluding hydrogens is 192 g/mol. The minimum atomic E-state index is -0.548. The molecule has 0 aromatic rings. The number of amides is 2. The number of nitrogens with two attached hydrogens (primary N) is 1. The SMILES string of the molecule is CC(C)C(N)CN1C(=O)CC(C)(C)C1=O. The molecule has 1 atom stereocenters. The highest BCUT2D eigenvalue weighted by Gasteiger charge is 2.45. The molecule has 1 heterocycles. The molecular formula is C11H20N2O2. The Labute approximate surface area is 90.8 Å². The van der Waals surface area contributed by atoms with Gasteiger partial charge in [0.05, 0.1) is 5.41 Å². The maximum atomic E-state index is 11.8. The van der Waals surface area contributed by atoms with Gasteiger partial charge in [-0.2, -0.15) is 0 Å². The summed E-state index contributed by atoms with van der Waals surface area (Å²) in [6.07, 6.45) is 0.302. The van der Waals surface area contributed by atoms with Crippen molar-refractivity contribution in [1.82, 2.24) is 4.90 Å². The van der Waals surface area contributed by atoms with Gasteiger partial charge >= 0.3 is 0 Å². The van der Waals surface area contributed by atoms with Crippen LogP contribution in [0.4, 0.5) is 0 Å². The molecule has 0 radical (unpaired) electrons. The summed E-state index contributed by atoms with van der Waals surface area (Å²) in [5, 5.41) is 0. The van der Waals surface area contributed by atoms with Crippen LogP contribution in [0.2, 0.25) is 0 Å². The number of likely N-dealkylation sites (tertiary alicyclic amines) is 1. The van der Waals surface area contributed by atoms with Gasteiger partial charge in [0.1, 0.15) is 0 Å². The van der Waals surface area contributed by atoms with E-state index in [1.807, 2.05) is 13.8 Å². The van der Waals surface area contributed by atoms with Crippen LogP contribution in [0, 0.1) is 11.3 Å². The quantitative estimate of drug-likeness (QED) is 0.702. The van der Waals surface area contributed by atoms with Crippen LogP contribution in [0.3, 0.4) is 0 Å². The largest absolute Gasteiger partial charge is 0.326 e. The van der Waals surface area contributed by atoms with Gasteiger partial charge < -0.3 is 5.73 Å². The number of carbonyl (C=O) groups excluding carboxylic acids is 2. The van der Waals surface area contributed by atoms with Crippen LogP contribution < -0.4 is 5.73 Å². The molecule has 2 amide bonds. The Kier molecular flexibility index (Phi) is 3.19.